The van der Waals surface area contributed by atoms with Gasteiger partial charge in [-0.1, -0.05) is 0 Å². The molecule has 0 aliphatic carbocycles. The Balaban J connectivity index is 2.62. The van der Waals surface area contributed by atoms with Crippen molar-refractivity contribution in [3.05, 3.63) is 24.2 Å². The van der Waals surface area contributed by atoms with Gasteiger partial charge >= 0.3 is 6.18 Å². The summed E-state index contributed by atoms with van der Waals surface area (Å²) in [4.78, 5) is 4.22. The third kappa shape index (κ3) is 1.78. The van der Waals surface area contributed by atoms with Crippen molar-refractivity contribution >= 4 is 5.69 Å². The first-order valence-electron chi connectivity index (χ1n) is 4.04. The van der Waals surface area contributed by atoms with Gasteiger partial charge in [0.2, 0.25) is 0 Å². The predicted molar refractivity (Wildman–Crippen MR) is 46.4 cm³/mol. The highest BCUT2D eigenvalue weighted by molar-refractivity contribution is 5.46. The summed E-state index contributed by atoms with van der Waals surface area (Å²) in [7, 11) is 0. The number of hydrogen-bond acceptors (Lipinski definition) is 5. The fraction of sp³-hybridized carbons (Fsp3) is 0.143. The van der Waals surface area contributed by atoms with Crippen LogP contribution in [0.3, 0.4) is 0 Å². The maximum absolute atomic E-state index is 12.6. The summed E-state index contributed by atoms with van der Waals surface area (Å²) in [6, 6.07) is 0.770. The van der Waals surface area contributed by atoms with E-state index in [4.69, 9.17) is 5.73 Å². The number of hydrogen-bond donors (Lipinski definition) is 1. The quantitative estimate of drug-likeness (QED) is 0.778. The highest BCUT2D eigenvalue weighted by Gasteiger charge is 2.35. The molecule has 0 amide bonds. The molecule has 0 saturated heterocycles. The van der Waals surface area contributed by atoms with Gasteiger partial charge in [-0.25, -0.2) is 4.98 Å². The Hall–Kier alpha value is -2.19. The van der Waals surface area contributed by atoms with Gasteiger partial charge in [-0.05, 0) is 11.3 Å². The molecule has 2 aromatic rings. The Morgan fingerprint density at radius 3 is 2.62 bits per heavy atom. The Kier molecular flexibility index (Phi) is 2.22. The van der Waals surface area contributed by atoms with E-state index in [1.54, 1.807) is 0 Å². The van der Waals surface area contributed by atoms with Crippen LogP contribution >= 0.6 is 0 Å². The van der Waals surface area contributed by atoms with E-state index < -0.39 is 17.6 Å². The van der Waals surface area contributed by atoms with Crippen molar-refractivity contribution in [1.29, 1.82) is 0 Å². The smallest absolute Gasteiger partial charge is 0.397 e. The molecule has 9 heteroatoms. The van der Waals surface area contributed by atoms with Crippen LogP contribution in [-0.4, -0.2) is 25.2 Å². The molecule has 2 rings (SSSR count). The molecule has 0 saturated carbocycles. The zero-order valence-electron chi connectivity index (χ0n) is 7.68. The number of nitrogen functional groups attached to an aromatic ring is 1. The summed E-state index contributed by atoms with van der Waals surface area (Å²) >= 11 is 0. The topological polar surface area (TPSA) is 82.5 Å². The lowest BCUT2D eigenvalue weighted by Gasteiger charge is -2.10. The fourth-order valence-corrected chi connectivity index (χ4v) is 1.11. The highest BCUT2D eigenvalue weighted by atomic mass is 19.4. The molecule has 0 aliphatic heterocycles. The Bertz CT molecular complexity index is 491. The van der Waals surface area contributed by atoms with Crippen LogP contribution in [-0.2, 0) is 6.18 Å². The molecule has 6 nitrogen and oxygen atoms in total. The normalized spacial score (nSPS) is 11.7. The Morgan fingerprint density at radius 2 is 2.06 bits per heavy atom. The maximum Gasteiger partial charge on any atom is 0.420 e. The van der Waals surface area contributed by atoms with Gasteiger partial charge in [0.05, 0.1) is 11.9 Å². The molecule has 0 bridgehead atoms. The third-order valence-electron chi connectivity index (χ3n) is 1.73. The second kappa shape index (κ2) is 3.43. The third-order valence-corrected chi connectivity index (χ3v) is 1.73. The van der Waals surface area contributed by atoms with E-state index >= 15 is 0 Å². The number of halogens is 3. The molecule has 0 radical (unpaired) electrons. The lowest BCUT2D eigenvalue weighted by molar-refractivity contribution is -0.137. The summed E-state index contributed by atoms with van der Waals surface area (Å²) in [6.07, 6.45) is -2.47. The molecule has 0 aliphatic rings. The number of aromatic nitrogens is 5. The molecule has 0 spiro atoms. The molecule has 2 aromatic heterocycles. The number of anilines is 1. The second-order valence-corrected chi connectivity index (χ2v) is 2.86. The van der Waals surface area contributed by atoms with Gasteiger partial charge in [0.25, 0.3) is 0 Å². The summed E-state index contributed by atoms with van der Waals surface area (Å²) in [5.74, 6) is -0.459. The number of pyridine rings is 1. The lowest BCUT2D eigenvalue weighted by atomic mass is 10.2. The average Bonchev–Trinajstić information content (AvgIpc) is 2.69. The first-order valence-corrected chi connectivity index (χ1v) is 4.04. The van der Waals surface area contributed by atoms with E-state index in [-0.39, 0.29) is 5.69 Å². The van der Waals surface area contributed by atoms with Gasteiger partial charge in [0.1, 0.15) is 5.56 Å². The van der Waals surface area contributed by atoms with Gasteiger partial charge in [0, 0.05) is 0 Å². The lowest BCUT2D eigenvalue weighted by Crippen LogP contribution is -2.15. The molecule has 0 unspecified atom stereocenters. The summed E-state index contributed by atoms with van der Waals surface area (Å²) in [6.45, 7) is 0. The number of nitrogens with zero attached hydrogens (tertiary/aromatic N) is 5. The van der Waals surface area contributed by atoms with E-state index in [0.717, 1.165) is 18.6 Å². The van der Waals surface area contributed by atoms with E-state index in [0.29, 0.717) is 4.80 Å². The number of rotatable bonds is 1. The Morgan fingerprint density at radius 1 is 1.31 bits per heavy atom. The van der Waals surface area contributed by atoms with E-state index in [1.165, 1.54) is 0 Å². The van der Waals surface area contributed by atoms with Crippen LogP contribution in [0.25, 0.3) is 5.82 Å². The largest absolute Gasteiger partial charge is 0.420 e. The highest BCUT2D eigenvalue weighted by Crippen LogP contribution is 2.33. The minimum Gasteiger partial charge on any atom is -0.397 e. The SMILES string of the molecule is Nc1cnc(-n2ncnn2)c(C(F)(F)F)c1. The standard InChI is InChI=1S/C7H5F3N6/c8-7(9,10)5-1-4(11)2-12-6(5)16-14-3-13-15-16/h1-3H,11H2. The monoisotopic (exact) mass is 230 g/mol. The van der Waals surface area contributed by atoms with Gasteiger partial charge in [0.15, 0.2) is 12.1 Å². The van der Waals surface area contributed by atoms with Crippen LogP contribution in [0.1, 0.15) is 5.56 Å². The summed E-state index contributed by atoms with van der Waals surface area (Å²) in [5, 5.41) is 10.1. The van der Waals surface area contributed by atoms with Crippen LogP contribution in [0.5, 0.6) is 0 Å². The van der Waals surface area contributed by atoms with Crippen LogP contribution in [0, 0.1) is 0 Å². The van der Waals surface area contributed by atoms with Crippen molar-refractivity contribution in [3.8, 4) is 5.82 Å². The predicted octanol–water partition coefficient (Wildman–Crippen LogP) is 0.658. The number of nitrogens with two attached hydrogens (primary N) is 1. The molecular weight excluding hydrogens is 225 g/mol. The zero-order valence-corrected chi connectivity index (χ0v) is 7.68. The molecule has 0 atom stereocenters. The molecule has 2 heterocycles. The van der Waals surface area contributed by atoms with Crippen LogP contribution in [0.15, 0.2) is 18.6 Å². The van der Waals surface area contributed by atoms with Crippen LogP contribution < -0.4 is 5.73 Å². The van der Waals surface area contributed by atoms with E-state index in [1.807, 2.05) is 0 Å². The van der Waals surface area contributed by atoms with E-state index in [2.05, 4.69) is 20.4 Å². The van der Waals surface area contributed by atoms with Gasteiger partial charge < -0.3 is 5.73 Å². The Labute approximate surface area is 86.9 Å². The summed E-state index contributed by atoms with van der Waals surface area (Å²) in [5.41, 5.74) is 4.15. The first kappa shape index (κ1) is 10.3. The number of tetrazole rings is 1. The van der Waals surface area contributed by atoms with Crippen molar-refractivity contribution in [2.45, 2.75) is 6.18 Å². The zero-order chi connectivity index (χ0) is 11.8. The van der Waals surface area contributed by atoms with Gasteiger partial charge in [-0.2, -0.15) is 13.2 Å². The molecular formula is C7H5F3N6. The second-order valence-electron chi connectivity index (χ2n) is 2.86. The van der Waals surface area contributed by atoms with Crippen LogP contribution in [0.4, 0.5) is 18.9 Å². The minimum absolute atomic E-state index is 0.0869. The average molecular weight is 230 g/mol. The van der Waals surface area contributed by atoms with Crippen molar-refractivity contribution in [2.24, 2.45) is 0 Å². The van der Waals surface area contributed by atoms with Gasteiger partial charge in [-0.15, -0.1) is 15.0 Å². The van der Waals surface area contributed by atoms with Crippen LogP contribution in [0.2, 0.25) is 0 Å². The van der Waals surface area contributed by atoms with Gasteiger partial charge in [-0.3, -0.25) is 0 Å². The molecule has 0 fully saturated rings. The molecule has 2 N–H and O–H groups in total. The summed E-state index contributed by atoms with van der Waals surface area (Å²) < 4.78 is 37.9. The van der Waals surface area contributed by atoms with Crippen molar-refractivity contribution < 1.29 is 13.2 Å². The minimum atomic E-state index is -4.58. The van der Waals surface area contributed by atoms with Crippen molar-refractivity contribution in [1.82, 2.24) is 25.2 Å². The fourth-order valence-electron chi connectivity index (χ4n) is 1.11. The number of alkyl halides is 3. The van der Waals surface area contributed by atoms with Crippen molar-refractivity contribution in [3.63, 3.8) is 0 Å². The molecule has 84 valence electrons. The van der Waals surface area contributed by atoms with Crippen molar-refractivity contribution in [2.75, 3.05) is 5.73 Å². The first-order chi connectivity index (χ1) is 7.48. The molecule has 0 aromatic carbocycles. The molecule has 16 heavy (non-hydrogen) atoms. The van der Waals surface area contributed by atoms with E-state index in [9.17, 15) is 13.2 Å². The maximum atomic E-state index is 12.6.